The highest BCUT2D eigenvalue weighted by molar-refractivity contribution is 6.31. The van der Waals surface area contributed by atoms with Crippen LogP contribution < -0.4 is 5.73 Å². The second-order valence-corrected chi connectivity index (χ2v) is 5.76. The van der Waals surface area contributed by atoms with E-state index in [-0.39, 0.29) is 6.04 Å². The van der Waals surface area contributed by atoms with Gasteiger partial charge in [-0.15, -0.1) is 0 Å². The van der Waals surface area contributed by atoms with Crippen molar-refractivity contribution in [2.75, 3.05) is 0 Å². The van der Waals surface area contributed by atoms with Crippen LogP contribution >= 0.6 is 23.2 Å². The standard InChI is InChI=1S/C16H17Cl2N/c1-9-4-5-12(8-15(9)18)16(19)13-6-11(3)14(17)7-10(13)2/h4-8,16H,19H2,1-3H3. The fraction of sp³-hybridized carbons (Fsp3) is 0.250. The molecule has 0 saturated heterocycles. The van der Waals surface area contributed by atoms with Gasteiger partial charge < -0.3 is 5.73 Å². The number of hydrogen-bond donors (Lipinski definition) is 1. The summed E-state index contributed by atoms with van der Waals surface area (Å²) < 4.78 is 0. The Bertz CT molecular complexity index is 620. The molecule has 0 aliphatic heterocycles. The van der Waals surface area contributed by atoms with Crippen LogP contribution in [0.3, 0.4) is 0 Å². The van der Waals surface area contributed by atoms with Gasteiger partial charge in [-0.3, -0.25) is 0 Å². The third-order valence-corrected chi connectivity index (χ3v) is 4.25. The molecule has 1 atom stereocenters. The molecule has 100 valence electrons. The van der Waals surface area contributed by atoms with E-state index in [9.17, 15) is 0 Å². The Balaban J connectivity index is 2.46. The zero-order valence-electron chi connectivity index (χ0n) is 11.3. The molecule has 0 aromatic heterocycles. The van der Waals surface area contributed by atoms with Crippen molar-refractivity contribution >= 4 is 23.2 Å². The van der Waals surface area contributed by atoms with Crippen LogP contribution in [0.15, 0.2) is 30.3 Å². The third kappa shape index (κ3) is 2.94. The summed E-state index contributed by atoms with van der Waals surface area (Å²) in [4.78, 5) is 0. The van der Waals surface area contributed by atoms with E-state index in [1.807, 2.05) is 45.0 Å². The Kier molecular flexibility index (Phi) is 4.19. The summed E-state index contributed by atoms with van der Waals surface area (Å²) in [6, 6.07) is 9.78. The lowest BCUT2D eigenvalue weighted by atomic mass is 9.94. The summed E-state index contributed by atoms with van der Waals surface area (Å²) in [7, 11) is 0. The molecule has 19 heavy (non-hydrogen) atoms. The second-order valence-electron chi connectivity index (χ2n) is 4.94. The highest BCUT2D eigenvalue weighted by Crippen LogP contribution is 2.29. The number of rotatable bonds is 2. The van der Waals surface area contributed by atoms with Crippen LogP contribution in [0.4, 0.5) is 0 Å². The van der Waals surface area contributed by atoms with E-state index in [1.54, 1.807) is 0 Å². The molecule has 0 amide bonds. The van der Waals surface area contributed by atoms with E-state index in [2.05, 4.69) is 6.07 Å². The van der Waals surface area contributed by atoms with Crippen molar-refractivity contribution in [1.82, 2.24) is 0 Å². The molecule has 3 heteroatoms. The van der Waals surface area contributed by atoms with Crippen molar-refractivity contribution < 1.29 is 0 Å². The molecule has 0 heterocycles. The van der Waals surface area contributed by atoms with Crippen molar-refractivity contribution in [2.24, 2.45) is 5.73 Å². The number of aryl methyl sites for hydroxylation is 3. The van der Waals surface area contributed by atoms with Gasteiger partial charge in [0.05, 0.1) is 6.04 Å². The Morgan fingerprint density at radius 2 is 1.47 bits per heavy atom. The van der Waals surface area contributed by atoms with Gasteiger partial charge in [-0.25, -0.2) is 0 Å². The maximum absolute atomic E-state index is 6.35. The van der Waals surface area contributed by atoms with Crippen molar-refractivity contribution in [3.63, 3.8) is 0 Å². The summed E-state index contributed by atoms with van der Waals surface area (Å²) in [5.74, 6) is 0. The molecule has 1 nitrogen and oxygen atoms in total. The smallest absolute Gasteiger partial charge is 0.0554 e. The molecule has 0 aliphatic carbocycles. The van der Waals surface area contributed by atoms with E-state index < -0.39 is 0 Å². The average Bonchev–Trinajstić information content (AvgIpc) is 2.36. The van der Waals surface area contributed by atoms with Crippen LogP contribution in [0.5, 0.6) is 0 Å². The topological polar surface area (TPSA) is 26.0 Å². The van der Waals surface area contributed by atoms with E-state index in [0.717, 1.165) is 37.9 Å². The van der Waals surface area contributed by atoms with Gasteiger partial charge in [0.2, 0.25) is 0 Å². The zero-order valence-corrected chi connectivity index (χ0v) is 12.8. The minimum Gasteiger partial charge on any atom is -0.320 e. The molecule has 0 aliphatic rings. The lowest BCUT2D eigenvalue weighted by Crippen LogP contribution is -2.13. The van der Waals surface area contributed by atoms with Crippen molar-refractivity contribution in [3.8, 4) is 0 Å². The van der Waals surface area contributed by atoms with E-state index in [0.29, 0.717) is 0 Å². The molecule has 0 spiro atoms. The summed E-state index contributed by atoms with van der Waals surface area (Å²) in [5, 5.41) is 1.52. The monoisotopic (exact) mass is 293 g/mol. The zero-order chi connectivity index (χ0) is 14.2. The lowest BCUT2D eigenvalue weighted by molar-refractivity contribution is 0.859. The fourth-order valence-corrected chi connectivity index (χ4v) is 2.53. The van der Waals surface area contributed by atoms with E-state index >= 15 is 0 Å². The molecule has 0 bridgehead atoms. The summed E-state index contributed by atoms with van der Waals surface area (Å²) >= 11 is 12.3. The van der Waals surface area contributed by atoms with Gasteiger partial charge in [-0.1, -0.05) is 41.4 Å². The second kappa shape index (κ2) is 5.54. The largest absolute Gasteiger partial charge is 0.320 e. The molecule has 0 saturated carbocycles. The predicted molar refractivity (Wildman–Crippen MR) is 83.1 cm³/mol. The number of nitrogens with two attached hydrogens (primary N) is 1. The van der Waals surface area contributed by atoms with Gasteiger partial charge in [0.15, 0.2) is 0 Å². The summed E-state index contributed by atoms with van der Waals surface area (Å²) in [5.41, 5.74) is 11.6. The van der Waals surface area contributed by atoms with Gasteiger partial charge in [0.1, 0.15) is 0 Å². The van der Waals surface area contributed by atoms with Crippen molar-refractivity contribution in [1.29, 1.82) is 0 Å². The molecule has 2 rings (SSSR count). The van der Waals surface area contributed by atoms with Gasteiger partial charge >= 0.3 is 0 Å². The first-order chi connectivity index (χ1) is 8.90. The highest BCUT2D eigenvalue weighted by Gasteiger charge is 2.14. The minimum absolute atomic E-state index is 0.186. The Labute approximate surface area is 124 Å². The lowest BCUT2D eigenvalue weighted by Gasteiger charge is -2.17. The van der Waals surface area contributed by atoms with E-state index in [4.69, 9.17) is 28.9 Å². The normalized spacial score (nSPS) is 12.5. The van der Waals surface area contributed by atoms with Gasteiger partial charge in [-0.05, 0) is 60.7 Å². The molecule has 2 aromatic rings. The Morgan fingerprint density at radius 1 is 0.842 bits per heavy atom. The maximum atomic E-state index is 6.35. The van der Waals surface area contributed by atoms with Gasteiger partial charge in [0, 0.05) is 10.0 Å². The highest BCUT2D eigenvalue weighted by atomic mass is 35.5. The van der Waals surface area contributed by atoms with Crippen molar-refractivity contribution in [3.05, 3.63) is 68.2 Å². The molecule has 0 fully saturated rings. The van der Waals surface area contributed by atoms with Gasteiger partial charge in [0.25, 0.3) is 0 Å². The molecule has 0 radical (unpaired) electrons. The molecular formula is C16H17Cl2N. The summed E-state index contributed by atoms with van der Waals surface area (Å²) in [6.07, 6.45) is 0. The van der Waals surface area contributed by atoms with Gasteiger partial charge in [-0.2, -0.15) is 0 Å². The fourth-order valence-electron chi connectivity index (χ4n) is 2.12. The molecular weight excluding hydrogens is 277 g/mol. The summed E-state index contributed by atoms with van der Waals surface area (Å²) in [6.45, 7) is 5.99. The van der Waals surface area contributed by atoms with Crippen molar-refractivity contribution in [2.45, 2.75) is 26.8 Å². The SMILES string of the molecule is Cc1ccc(C(N)c2cc(C)c(Cl)cc2C)cc1Cl. The van der Waals surface area contributed by atoms with Crippen LogP contribution in [0, 0.1) is 20.8 Å². The van der Waals surface area contributed by atoms with Crippen LogP contribution in [-0.2, 0) is 0 Å². The first-order valence-corrected chi connectivity index (χ1v) is 6.94. The quantitative estimate of drug-likeness (QED) is 0.831. The van der Waals surface area contributed by atoms with E-state index in [1.165, 1.54) is 0 Å². The third-order valence-electron chi connectivity index (χ3n) is 3.44. The number of benzene rings is 2. The van der Waals surface area contributed by atoms with Crippen LogP contribution in [0.2, 0.25) is 10.0 Å². The Morgan fingerprint density at radius 3 is 2.11 bits per heavy atom. The Hall–Kier alpha value is -1.02. The number of hydrogen-bond acceptors (Lipinski definition) is 1. The molecule has 2 N–H and O–H groups in total. The molecule has 1 unspecified atom stereocenters. The first-order valence-electron chi connectivity index (χ1n) is 6.18. The molecule has 2 aromatic carbocycles. The minimum atomic E-state index is -0.186. The van der Waals surface area contributed by atoms with Crippen LogP contribution in [0.25, 0.3) is 0 Å². The van der Waals surface area contributed by atoms with Crippen LogP contribution in [0.1, 0.15) is 33.9 Å². The first kappa shape index (κ1) is 14.4. The predicted octanol–water partition coefficient (Wildman–Crippen LogP) is 4.97. The number of halogens is 2. The average molecular weight is 294 g/mol. The van der Waals surface area contributed by atoms with Crippen LogP contribution in [-0.4, -0.2) is 0 Å². The maximum Gasteiger partial charge on any atom is 0.0554 e.